The van der Waals surface area contributed by atoms with E-state index in [1.807, 2.05) is 32.0 Å². The van der Waals surface area contributed by atoms with E-state index in [4.69, 9.17) is 19.9 Å². The molecule has 5 N–H and O–H groups in total. The van der Waals surface area contributed by atoms with E-state index in [2.05, 4.69) is 24.5 Å². The molecule has 1 saturated carbocycles. The summed E-state index contributed by atoms with van der Waals surface area (Å²) >= 11 is 0. The molecule has 222 valence electrons. The fourth-order valence-corrected chi connectivity index (χ4v) is 4.90. The van der Waals surface area contributed by atoms with Crippen LogP contribution < -0.4 is 25.8 Å². The molecule has 0 saturated heterocycles. The number of aliphatic hydroxyl groups excluding tert-OH is 1. The molecule has 0 aromatic heterocycles. The minimum Gasteiger partial charge on any atom is -0.493 e. The van der Waals surface area contributed by atoms with E-state index >= 15 is 0 Å². The Bertz CT molecular complexity index is 889. The molecule has 4 atom stereocenters. The summed E-state index contributed by atoms with van der Waals surface area (Å²) in [5, 5.41) is 16.8. The first kappa shape index (κ1) is 32.8. The van der Waals surface area contributed by atoms with Gasteiger partial charge in [0.25, 0.3) is 0 Å². The minimum atomic E-state index is -0.803. The average molecular weight is 550 g/mol. The first-order valence-electron chi connectivity index (χ1n) is 14.3. The van der Waals surface area contributed by atoms with Gasteiger partial charge < -0.3 is 35.7 Å². The molecule has 2 rings (SSSR count). The maximum atomic E-state index is 13.0. The van der Waals surface area contributed by atoms with Crippen molar-refractivity contribution in [2.45, 2.75) is 83.9 Å². The van der Waals surface area contributed by atoms with Crippen LogP contribution >= 0.6 is 0 Å². The molecule has 1 aromatic carbocycles. The van der Waals surface area contributed by atoms with Gasteiger partial charge >= 0.3 is 0 Å². The number of hydrogen-bond donors (Lipinski definition) is 4. The van der Waals surface area contributed by atoms with Crippen molar-refractivity contribution in [2.75, 3.05) is 34.0 Å². The summed E-state index contributed by atoms with van der Waals surface area (Å²) in [6.07, 6.45) is 4.11. The van der Waals surface area contributed by atoms with Crippen LogP contribution in [0.25, 0.3) is 0 Å². The van der Waals surface area contributed by atoms with Crippen LogP contribution in [0.2, 0.25) is 0 Å². The number of carbonyl (C=O) groups excluding carboxylic acids is 2. The number of benzene rings is 1. The Labute approximate surface area is 234 Å². The molecule has 9 nitrogen and oxygen atoms in total. The highest BCUT2D eigenvalue weighted by Crippen LogP contribution is 2.34. The highest BCUT2D eigenvalue weighted by Gasteiger charge is 2.43. The molecule has 0 bridgehead atoms. The van der Waals surface area contributed by atoms with Gasteiger partial charge in [0.1, 0.15) is 0 Å². The molecule has 9 heteroatoms. The smallest absolute Gasteiger partial charge is 0.223 e. The van der Waals surface area contributed by atoms with E-state index in [1.165, 1.54) is 0 Å². The fraction of sp³-hybridized carbons (Fsp3) is 0.733. The molecule has 2 amide bonds. The standard InChI is InChI=1S/C30H51N3O6/c1-20(2)23(14-22-8-9-27(38-6)28(15-22)39-13-7-12-37-5)16-25(31)26(35)17-24(21(3)4)29(36)32-18-30(10-11-30)33-19-34/h8-9,15,19-21,23-26,35H,7,10-14,16-18,31H2,1-6H3,(H,32,36)(H,33,34)/t23-,24-,25-,26-/m0/s1. The molecule has 0 spiro atoms. The lowest BCUT2D eigenvalue weighted by Crippen LogP contribution is -2.46. The Balaban J connectivity index is 1.99. The number of aliphatic hydroxyl groups is 1. The molecule has 1 fully saturated rings. The van der Waals surface area contributed by atoms with Crippen LogP contribution in [0.5, 0.6) is 11.5 Å². The van der Waals surface area contributed by atoms with Crippen molar-refractivity contribution in [1.82, 2.24) is 10.6 Å². The topological polar surface area (TPSA) is 132 Å². The van der Waals surface area contributed by atoms with E-state index in [9.17, 15) is 14.7 Å². The fourth-order valence-electron chi connectivity index (χ4n) is 4.90. The van der Waals surface area contributed by atoms with Crippen molar-refractivity contribution >= 4 is 12.3 Å². The van der Waals surface area contributed by atoms with Crippen LogP contribution in [-0.2, 0) is 20.7 Å². The second kappa shape index (κ2) is 16.0. The van der Waals surface area contributed by atoms with Crippen LogP contribution in [-0.4, -0.2) is 69.1 Å². The monoisotopic (exact) mass is 549 g/mol. The van der Waals surface area contributed by atoms with Crippen molar-refractivity contribution in [3.63, 3.8) is 0 Å². The Morgan fingerprint density at radius 2 is 1.82 bits per heavy atom. The summed E-state index contributed by atoms with van der Waals surface area (Å²) < 4.78 is 16.5. The lowest BCUT2D eigenvalue weighted by Gasteiger charge is -2.30. The molecule has 0 aliphatic heterocycles. The third kappa shape index (κ3) is 10.6. The van der Waals surface area contributed by atoms with Crippen molar-refractivity contribution in [1.29, 1.82) is 0 Å². The van der Waals surface area contributed by atoms with Crippen molar-refractivity contribution in [3.05, 3.63) is 23.8 Å². The van der Waals surface area contributed by atoms with Crippen LogP contribution in [0.4, 0.5) is 0 Å². The van der Waals surface area contributed by atoms with Gasteiger partial charge in [-0.25, -0.2) is 0 Å². The Morgan fingerprint density at radius 3 is 2.38 bits per heavy atom. The Morgan fingerprint density at radius 1 is 1.10 bits per heavy atom. The summed E-state index contributed by atoms with van der Waals surface area (Å²) in [6, 6.07) is 5.54. The first-order valence-corrected chi connectivity index (χ1v) is 14.3. The maximum Gasteiger partial charge on any atom is 0.223 e. The van der Waals surface area contributed by atoms with Gasteiger partial charge in [0.15, 0.2) is 11.5 Å². The van der Waals surface area contributed by atoms with E-state index in [0.717, 1.165) is 31.2 Å². The van der Waals surface area contributed by atoms with Gasteiger partial charge in [-0.1, -0.05) is 33.8 Å². The van der Waals surface area contributed by atoms with Gasteiger partial charge in [-0.15, -0.1) is 0 Å². The molecule has 0 radical (unpaired) electrons. The third-order valence-electron chi connectivity index (χ3n) is 7.94. The highest BCUT2D eigenvalue weighted by atomic mass is 16.5. The number of carbonyl (C=O) groups is 2. The molecule has 1 aliphatic carbocycles. The van der Waals surface area contributed by atoms with Crippen LogP contribution in [0.1, 0.15) is 65.4 Å². The number of nitrogens with one attached hydrogen (secondary N) is 2. The number of hydrogen-bond acceptors (Lipinski definition) is 7. The van der Waals surface area contributed by atoms with Gasteiger partial charge in [0.2, 0.25) is 12.3 Å². The van der Waals surface area contributed by atoms with Crippen molar-refractivity contribution < 1.29 is 28.9 Å². The van der Waals surface area contributed by atoms with Crippen LogP contribution in [0.15, 0.2) is 18.2 Å². The summed E-state index contributed by atoms with van der Waals surface area (Å²) in [5.74, 6) is 1.56. The number of rotatable bonds is 20. The van der Waals surface area contributed by atoms with Gasteiger partial charge in [-0.2, -0.15) is 0 Å². The molecular weight excluding hydrogens is 498 g/mol. The molecule has 0 unspecified atom stereocenters. The zero-order valence-electron chi connectivity index (χ0n) is 24.7. The molecule has 1 aliphatic rings. The van der Waals surface area contributed by atoms with Gasteiger partial charge in [-0.3, -0.25) is 9.59 Å². The number of ether oxygens (including phenoxy) is 3. The number of amides is 2. The third-order valence-corrected chi connectivity index (χ3v) is 7.94. The second-order valence-electron chi connectivity index (χ2n) is 11.7. The molecule has 0 heterocycles. The van der Waals surface area contributed by atoms with Crippen LogP contribution in [0, 0.1) is 23.7 Å². The highest BCUT2D eigenvalue weighted by molar-refractivity contribution is 5.79. The minimum absolute atomic E-state index is 0.0449. The van der Waals surface area contributed by atoms with E-state index in [0.29, 0.717) is 56.4 Å². The summed E-state index contributed by atoms with van der Waals surface area (Å²) in [7, 11) is 3.30. The predicted molar refractivity (Wildman–Crippen MR) is 153 cm³/mol. The zero-order valence-corrected chi connectivity index (χ0v) is 24.7. The van der Waals surface area contributed by atoms with E-state index in [-0.39, 0.29) is 29.2 Å². The SMILES string of the molecule is COCCCOc1cc(C[C@@H](C[C@H](N)[C@@H](O)C[C@H](C(=O)NCC2(NC=O)CC2)C(C)C)C(C)C)ccc1OC. The lowest BCUT2D eigenvalue weighted by atomic mass is 9.81. The van der Waals surface area contributed by atoms with Crippen molar-refractivity contribution in [3.8, 4) is 11.5 Å². The quantitative estimate of drug-likeness (QED) is 0.145. The van der Waals surface area contributed by atoms with Gasteiger partial charge in [0, 0.05) is 38.6 Å². The second-order valence-corrected chi connectivity index (χ2v) is 11.7. The molecule has 1 aromatic rings. The predicted octanol–water partition coefficient (Wildman–Crippen LogP) is 3.06. The average Bonchev–Trinajstić information content (AvgIpc) is 3.67. The van der Waals surface area contributed by atoms with Gasteiger partial charge in [-0.05, 0) is 67.6 Å². The maximum absolute atomic E-state index is 13.0. The summed E-state index contributed by atoms with van der Waals surface area (Å²) in [5.41, 5.74) is 7.34. The number of nitrogens with two attached hydrogens (primary N) is 1. The molecular formula is C30H51N3O6. The first-order chi connectivity index (χ1) is 18.6. The largest absolute Gasteiger partial charge is 0.493 e. The molecule has 39 heavy (non-hydrogen) atoms. The zero-order chi connectivity index (χ0) is 29.0. The number of methoxy groups -OCH3 is 2. The summed E-state index contributed by atoms with van der Waals surface area (Å²) in [6.45, 7) is 9.88. The lowest BCUT2D eigenvalue weighted by molar-refractivity contribution is -0.128. The Hall–Kier alpha value is -2.36. The van der Waals surface area contributed by atoms with Gasteiger partial charge in [0.05, 0.1) is 25.4 Å². The Kier molecular flexibility index (Phi) is 13.5. The van der Waals surface area contributed by atoms with E-state index in [1.54, 1.807) is 14.2 Å². The van der Waals surface area contributed by atoms with Crippen molar-refractivity contribution in [2.24, 2.45) is 29.4 Å². The normalized spacial score (nSPS) is 17.3. The van der Waals surface area contributed by atoms with Crippen LogP contribution in [0.3, 0.4) is 0 Å². The summed E-state index contributed by atoms with van der Waals surface area (Å²) in [4.78, 5) is 23.8. The van der Waals surface area contributed by atoms with E-state index < -0.39 is 12.1 Å².